The highest BCUT2D eigenvalue weighted by molar-refractivity contribution is 7.00. The van der Waals surface area contributed by atoms with Gasteiger partial charge in [-0.15, -0.1) is 11.1 Å². The van der Waals surface area contributed by atoms with Crippen LogP contribution in [0.2, 0.25) is 33.2 Å². The normalized spacial score (nSPS) is 12.9. The minimum atomic E-state index is -2.06. The first-order chi connectivity index (χ1) is 23.2. The van der Waals surface area contributed by atoms with Gasteiger partial charge in [-0.3, -0.25) is 0 Å². The summed E-state index contributed by atoms with van der Waals surface area (Å²) in [5, 5.41) is 4.65. The molecule has 0 aliphatic carbocycles. The van der Waals surface area contributed by atoms with Gasteiger partial charge in [-0.05, 0) is 67.6 Å². The molecule has 0 aliphatic rings. The van der Waals surface area contributed by atoms with Crippen molar-refractivity contribution in [1.82, 2.24) is 18.7 Å². The number of fused-ring (bicyclic) bond motifs is 6. The van der Waals surface area contributed by atoms with Crippen molar-refractivity contribution in [2.45, 2.75) is 116 Å². The fourth-order valence-electron chi connectivity index (χ4n) is 9.07. The van der Waals surface area contributed by atoms with E-state index >= 15 is 0 Å². The van der Waals surface area contributed by atoms with Crippen molar-refractivity contribution >= 4 is 82.5 Å². The lowest BCUT2D eigenvalue weighted by Crippen LogP contribution is -2.43. The Hall–Kier alpha value is -3.63. The van der Waals surface area contributed by atoms with Crippen LogP contribution >= 0.6 is 11.7 Å². The zero-order valence-electron chi connectivity index (χ0n) is 31.3. The Bertz CT molecular complexity index is 2300. The molecule has 0 radical (unpaired) electrons. The van der Waals surface area contributed by atoms with Crippen LogP contribution in [0.4, 0.5) is 0 Å². The Morgan fingerprint density at radius 1 is 0.490 bits per heavy atom. The zero-order valence-corrected chi connectivity index (χ0v) is 34.1. The standard InChI is InChI=1S/C42H50N4SSi2/c1-25(2)48(26(3)4,27(5)6)21-19-34-39-40(35(42-41(34)45-47-46-42)20-22-49(28(7)8,29(9)10)30(11)12)44-38-36-24-32-16-14-13-15-31(32)23-33(36)17-18-37(38)43-39/h13-18,23-30H,1-12H3. The summed E-state index contributed by atoms with van der Waals surface area (Å²) in [6.45, 7) is 28.3. The molecule has 4 aromatic carbocycles. The quantitative estimate of drug-likeness (QED) is 0.0752. The molecule has 0 fully saturated rings. The van der Waals surface area contributed by atoms with Crippen LogP contribution in [0.15, 0.2) is 48.5 Å². The van der Waals surface area contributed by atoms with E-state index in [4.69, 9.17) is 18.7 Å². The smallest absolute Gasteiger partial charge is 0.146 e. The molecule has 0 amide bonds. The Morgan fingerprint density at radius 3 is 1.41 bits per heavy atom. The summed E-state index contributed by atoms with van der Waals surface area (Å²) < 4.78 is 9.81. The molecule has 6 rings (SSSR count). The van der Waals surface area contributed by atoms with Crippen LogP contribution in [-0.4, -0.2) is 34.9 Å². The molecular formula is C42H50N4SSi2. The highest BCUT2D eigenvalue weighted by Crippen LogP contribution is 2.43. The van der Waals surface area contributed by atoms with E-state index in [2.05, 4.69) is 155 Å². The van der Waals surface area contributed by atoms with Gasteiger partial charge in [-0.2, -0.15) is 8.75 Å². The summed E-state index contributed by atoms with van der Waals surface area (Å²) in [5.74, 6) is 7.53. The predicted octanol–water partition coefficient (Wildman–Crippen LogP) is 12.2. The second kappa shape index (κ2) is 13.3. The number of rotatable bonds is 6. The third-order valence-corrected chi connectivity index (χ3v) is 24.6. The molecule has 0 aliphatic heterocycles. The van der Waals surface area contributed by atoms with E-state index in [0.717, 1.165) is 55.0 Å². The lowest BCUT2D eigenvalue weighted by molar-refractivity contribution is 0.838. The SMILES string of the molecule is CC(C)[Si](C#Cc1c2nsnc2c(C#C[Si](C(C)C)(C(C)C)C(C)C)c2nc3c(ccc4cc5ccccc5cc43)nc12)(C(C)C)C(C)C. The van der Waals surface area contributed by atoms with Gasteiger partial charge < -0.3 is 0 Å². The van der Waals surface area contributed by atoms with Gasteiger partial charge in [0.2, 0.25) is 0 Å². The van der Waals surface area contributed by atoms with E-state index in [1.807, 2.05) is 0 Å². The van der Waals surface area contributed by atoms with Crippen LogP contribution in [0, 0.1) is 22.9 Å². The lowest BCUT2D eigenvalue weighted by Gasteiger charge is -2.38. The maximum atomic E-state index is 5.52. The van der Waals surface area contributed by atoms with Gasteiger partial charge in [0.1, 0.15) is 38.2 Å². The third kappa shape index (κ3) is 5.69. The van der Waals surface area contributed by atoms with E-state index < -0.39 is 16.1 Å². The third-order valence-electron chi connectivity index (χ3n) is 11.5. The van der Waals surface area contributed by atoms with Crippen LogP contribution in [0.3, 0.4) is 0 Å². The van der Waals surface area contributed by atoms with Crippen molar-refractivity contribution in [2.24, 2.45) is 0 Å². The van der Waals surface area contributed by atoms with Crippen molar-refractivity contribution in [3.8, 4) is 22.9 Å². The van der Waals surface area contributed by atoms with Gasteiger partial charge in [0, 0.05) is 5.39 Å². The average molecular weight is 699 g/mol. The van der Waals surface area contributed by atoms with Crippen LogP contribution in [0.5, 0.6) is 0 Å². The van der Waals surface area contributed by atoms with E-state index in [9.17, 15) is 0 Å². The van der Waals surface area contributed by atoms with Crippen LogP contribution < -0.4 is 0 Å². The van der Waals surface area contributed by atoms with Gasteiger partial charge in [-0.25, -0.2) is 9.97 Å². The highest BCUT2D eigenvalue weighted by atomic mass is 32.1. The molecule has 4 nitrogen and oxygen atoms in total. The van der Waals surface area contributed by atoms with Crippen LogP contribution in [0.25, 0.3) is 54.6 Å². The molecular weight excluding hydrogens is 649 g/mol. The first-order valence-corrected chi connectivity index (χ1v) is 23.2. The maximum Gasteiger partial charge on any atom is 0.146 e. The predicted molar refractivity (Wildman–Crippen MR) is 219 cm³/mol. The van der Waals surface area contributed by atoms with E-state index in [1.54, 1.807) is 0 Å². The summed E-state index contributed by atoms with van der Waals surface area (Å²) in [5.41, 5.74) is 17.6. The summed E-state index contributed by atoms with van der Waals surface area (Å²) in [7, 11) is -4.11. The summed E-state index contributed by atoms with van der Waals surface area (Å²) >= 11 is 1.24. The van der Waals surface area contributed by atoms with Gasteiger partial charge >= 0.3 is 0 Å². The number of nitrogens with zero attached hydrogens (tertiary/aromatic N) is 4. The largest absolute Gasteiger partial charge is 0.243 e. The van der Waals surface area contributed by atoms with Crippen molar-refractivity contribution in [3.63, 3.8) is 0 Å². The second-order valence-corrected chi connectivity index (χ2v) is 27.5. The Kier molecular flexibility index (Phi) is 9.52. The molecule has 6 aromatic rings. The molecule has 7 heteroatoms. The summed E-state index contributed by atoms with van der Waals surface area (Å²) in [6, 6.07) is 17.3. The number of hydrogen-bond acceptors (Lipinski definition) is 5. The molecule has 0 saturated heterocycles. The van der Waals surface area contributed by atoms with Gasteiger partial charge in [-0.1, -0.05) is 125 Å². The van der Waals surface area contributed by atoms with E-state index in [1.165, 1.54) is 22.5 Å². The Labute approximate surface area is 298 Å². The van der Waals surface area contributed by atoms with Crippen LogP contribution in [0.1, 0.15) is 94.2 Å². The molecule has 252 valence electrons. The van der Waals surface area contributed by atoms with E-state index in [-0.39, 0.29) is 0 Å². The van der Waals surface area contributed by atoms with Gasteiger partial charge in [0.25, 0.3) is 0 Å². The first-order valence-electron chi connectivity index (χ1n) is 18.0. The van der Waals surface area contributed by atoms with Crippen LogP contribution in [-0.2, 0) is 0 Å². The minimum Gasteiger partial charge on any atom is -0.243 e. The van der Waals surface area contributed by atoms with Crippen molar-refractivity contribution < 1.29 is 0 Å². The molecule has 0 saturated carbocycles. The Balaban J connectivity index is 1.78. The van der Waals surface area contributed by atoms with Crippen molar-refractivity contribution in [1.29, 1.82) is 0 Å². The second-order valence-electron chi connectivity index (χ2n) is 15.8. The Morgan fingerprint density at radius 2 is 0.939 bits per heavy atom. The summed E-state index contributed by atoms with van der Waals surface area (Å²) in [6.07, 6.45) is 0. The molecule has 2 aromatic heterocycles. The average Bonchev–Trinajstić information content (AvgIpc) is 3.53. The first kappa shape index (κ1) is 35.2. The number of benzene rings is 4. The number of hydrogen-bond donors (Lipinski definition) is 0. The zero-order chi connectivity index (χ0) is 35.4. The molecule has 0 bridgehead atoms. The lowest BCUT2D eigenvalue weighted by atomic mass is 10.0. The fraction of sp³-hybridized carbons (Fsp3) is 0.429. The van der Waals surface area contributed by atoms with Crippen molar-refractivity contribution in [3.05, 3.63) is 59.7 Å². The highest BCUT2D eigenvalue weighted by Gasteiger charge is 2.43. The molecule has 2 heterocycles. The maximum absolute atomic E-state index is 5.52. The topological polar surface area (TPSA) is 51.6 Å². The molecule has 49 heavy (non-hydrogen) atoms. The van der Waals surface area contributed by atoms with E-state index in [0.29, 0.717) is 33.2 Å². The fourth-order valence-corrected chi connectivity index (χ4v) is 20.0. The monoisotopic (exact) mass is 698 g/mol. The molecule has 0 spiro atoms. The van der Waals surface area contributed by atoms with Gasteiger partial charge in [0.15, 0.2) is 0 Å². The van der Waals surface area contributed by atoms with Crippen molar-refractivity contribution in [2.75, 3.05) is 0 Å². The molecule has 0 N–H and O–H groups in total. The summed E-state index contributed by atoms with van der Waals surface area (Å²) in [4.78, 5) is 10.9. The van der Waals surface area contributed by atoms with Gasteiger partial charge in [0.05, 0.1) is 33.9 Å². The molecule has 0 unspecified atom stereocenters. The molecule has 0 atom stereocenters. The number of aromatic nitrogens is 4. The minimum absolute atomic E-state index is 0.505.